The van der Waals surface area contributed by atoms with Crippen molar-refractivity contribution < 1.29 is 26.9 Å². The van der Waals surface area contributed by atoms with Crippen LogP contribution in [0, 0.1) is 4.78 Å². The average Bonchev–Trinajstić information content (AvgIpc) is 3.47. The van der Waals surface area contributed by atoms with E-state index in [9.17, 15) is 22.2 Å². The Kier molecular flexibility index (Phi) is 6.27. The van der Waals surface area contributed by atoms with Crippen molar-refractivity contribution in [1.29, 1.82) is 4.78 Å². The number of aryl methyl sites for hydroxylation is 1. The first kappa shape index (κ1) is 23.6. The molecule has 0 aliphatic heterocycles. The van der Waals surface area contributed by atoms with Gasteiger partial charge in [-0.15, -0.1) is 11.3 Å². The van der Waals surface area contributed by atoms with Crippen molar-refractivity contribution in [3.63, 3.8) is 0 Å². The maximum absolute atomic E-state index is 12.9. The van der Waals surface area contributed by atoms with E-state index in [0.29, 0.717) is 10.9 Å². The topological polar surface area (TPSA) is 123 Å². The number of amides is 1. The summed E-state index contributed by atoms with van der Waals surface area (Å²) in [7, 11) is -1.68. The van der Waals surface area contributed by atoms with Gasteiger partial charge in [0.15, 0.2) is 4.34 Å². The van der Waals surface area contributed by atoms with Crippen molar-refractivity contribution in [3.05, 3.63) is 59.5 Å². The Hall–Kier alpha value is -3.52. The third-order valence-corrected chi connectivity index (χ3v) is 7.78. The molecule has 178 valence electrons. The minimum Gasteiger partial charge on any atom is -0.494 e. The zero-order valence-corrected chi connectivity index (χ0v) is 19.1. The summed E-state index contributed by atoms with van der Waals surface area (Å²) in [5, 5.41) is 9.15. The van der Waals surface area contributed by atoms with Crippen LogP contribution < -0.4 is 10.1 Å². The number of hydrogen-bond donors (Lipinski definition) is 2. The van der Waals surface area contributed by atoms with Crippen LogP contribution in [0.5, 0.6) is 5.75 Å². The highest BCUT2D eigenvalue weighted by atomic mass is 32.2. The number of carbonyl (C=O) groups excluding carboxylic acids is 1. The van der Waals surface area contributed by atoms with E-state index in [-0.39, 0.29) is 28.1 Å². The molecular weight excluding hydrogens is 493 g/mol. The molecule has 1 atom stereocenters. The predicted octanol–water partition coefficient (Wildman–Crippen LogP) is 4.27. The number of methoxy groups -OCH3 is 1. The molecular formula is C20H17F3N6O3S2. The minimum absolute atomic E-state index is 0.0104. The lowest BCUT2D eigenvalue weighted by atomic mass is 10.2. The van der Waals surface area contributed by atoms with Crippen LogP contribution in [0.15, 0.2) is 52.4 Å². The van der Waals surface area contributed by atoms with Gasteiger partial charge in [0.05, 0.1) is 30.6 Å². The average molecular weight is 511 g/mol. The summed E-state index contributed by atoms with van der Waals surface area (Å²) in [4.78, 5) is 19.9. The summed E-state index contributed by atoms with van der Waals surface area (Å²) in [6.07, 6.45) is -1.54. The van der Waals surface area contributed by atoms with Gasteiger partial charge in [-0.05, 0) is 18.2 Å². The number of fused-ring (bicyclic) bond motifs is 1. The highest BCUT2D eigenvalue weighted by Crippen LogP contribution is 2.31. The van der Waals surface area contributed by atoms with Crippen LogP contribution in [0.3, 0.4) is 0 Å². The summed E-state index contributed by atoms with van der Waals surface area (Å²) >= 11 is 1.15. The molecule has 1 aromatic carbocycles. The molecule has 14 heteroatoms. The standard InChI is InChI=1S/C20H17F3N6O3S2/c1-32-16-10-14-12(11-29(28-14)6-8-34(24,31)19-25-5-7-33-19)9-15(16)27-18(30)13-3-2-4-17(26-13)20(21,22)23/h2-5,7,9-11,24H,6,8H2,1H3,(H,27,30). The van der Waals surface area contributed by atoms with Crippen LogP contribution >= 0.6 is 11.3 Å². The van der Waals surface area contributed by atoms with Crippen molar-refractivity contribution in [2.24, 2.45) is 0 Å². The minimum atomic E-state index is -4.68. The summed E-state index contributed by atoms with van der Waals surface area (Å²) < 4.78 is 66.4. The molecule has 2 N–H and O–H groups in total. The molecule has 0 saturated carbocycles. The number of hydrogen-bond acceptors (Lipinski definition) is 8. The summed E-state index contributed by atoms with van der Waals surface area (Å²) in [6.45, 7) is 0.189. The number of rotatable bonds is 7. The Morgan fingerprint density at radius 2 is 2.12 bits per heavy atom. The van der Waals surface area contributed by atoms with E-state index in [2.05, 4.69) is 20.4 Å². The van der Waals surface area contributed by atoms with Crippen LogP contribution in [-0.4, -0.2) is 42.7 Å². The van der Waals surface area contributed by atoms with Crippen molar-refractivity contribution in [2.75, 3.05) is 18.2 Å². The van der Waals surface area contributed by atoms with Gasteiger partial charge in [-0.3, -0.25) is 9.48 Å². The molecule has 1 unspecified atom stereocenters. The predicted molar refractivity (Wildman–Crippen MR) is 120 cm³/mol. The maximum atomic E-state index is 12.9. The zero-order chi connectivity index (χ0) is 24.5. The number of ether oxygens (including phenoxy) is 1. The van der Waals surface area contributed by atoms with E-state index in [1.807, 2.05) is 0 Å². The number of benzene rings is 1. The van der Waals surface area contributed by atoms with Crippen LogP contribution in [-0.2, 0) is 22.5 Å². The van der Waals surface area contributed by atoms with Crippen molar-refractivity contribution in [3.8, 4) is 5.75 Å². The van der Waals surface area contributed by atoms with Gasteiger partial charge in [-0.25, -0.2) is 19.0 Å². The Balaban J connectivity index is 1.56. The second kappa shape index (κ2) is 9.02. The smallest absolute Gasteiger partial charge is 0.433 e. The summed E-state index contributed by atoms with van der Waals surface area (Å²) in [5.74, 6) is -0.588. The summed E-state index contributed by atoms with van der Waals surface area (Å²) in [5.41, 5.74) is -0.851. The molecule has 1 amide bonds. The van der Waals surface area contributed by atoms with Crippen LogP contribution in [0.4, 0.5) is 18.9 Å². The molecule has 9 nitrogen and oxygen atoms in total. The maximum Gasteiger partial charge on any atom is 0.433 e. The van der Waals surface area contributed by atoms with Gasteiger partial charge in [-0.2, -0.15) is 18.3 Å². The second-order valence-electron chi connectivity index (χ2n) is 7.04. The van der Waals surface area contributed by atoms with Crippen LogP contribution in [0.1, 0.15) is 16.2 Å². The van der Waals surface area contributed by atoms with Crippen molar-refractivity contribution >= 4 is 43.6 Å². The number of nitrogens with zero attached hydrogens (tertiary/aromatic N) is 4. The molecule has 3 heterocycles. The van der Waals surface area contributed by atoms with Gasteiger partial charge in [0.25, 0.3) is 5.91 Å². The van der Waals surface area contributed by atoms with Gasteiger partial charge < -0.3 is 10.1 Å². The molecule has 4 rings (SSSR count). The molecule has 0 spiro atoms. The lowest BCUT2D eigenvalue weighted by Crippen LogP contribution is -2.17. The molecule has 34 heavy (non-hydrogen) atoms. The van der Waals surface area contributed by atoms with E-state index in [1.54, 1.807) is 23.7 Å². The molecule has 0 fully saturated rings. The number of carbonyl (C=O) groups is 1. The van der Waals surface area contributed by atoms with Gasteiger partial charge in [0.2, 0.25) is 0 Å². The monoisotopic (exact) mass is 510 g/mol. The first-order valence-electron chi connectivity index (χ1n) is 9.63. The largest absolute Gasteiger partial charge is 0.494 e. The van der Waals surface area contributed by atoms with Crippen LogP contribution in [0.25, 0.3) is 10.9 Å². The van der Waals surface area contributed by atoms with E-state index in [0.717, 1.165) is 23.5 Å². The van der Waals surface area contributed by atoms with E-state index < -0.39 is 33.2 Å². The normalized spacial score (nSPS) is 13.5. The Morgan fingerprint density at radius 1 is 1.32 bits per heavy atom. The molecule has 0 aliphatic carbocycles. The number of pyridine rings is 1. The van der Waals surface area contributed by atoms with E-state index >= 15 is 0 Å². The SMILES string of the molecule is COc1cc2nn(CCS(=N)(=O)c3nccs3)cc2cc1NC(=O)c1cccc(C(F)(F)F)n1. The fourth-order valence-electron chi connectivity index (χ4n) is 3.07. The molecule has 0 radical (unpaired) electrons. The van der Waals surface area contributed by atoms with Gasteiger partial charge in [0.1, 0.15) is 26.9 Å². The highest BCUT2D eigenvalue weighted by Gasteiger charge is 2.33. The first-order chi connectivity index (χ1) is 16.1. The molecule has 4 aromatic rings. The number of alkyl halides is 3. The Bertz CT molecular complexity index is 1450. The lowest BCUT2D eigenvalue weighted by molar-refractivity contribution is -0.141. The fraction of sp³-hybridized carbons (Fsp3) is 0.200. The van der Waals surface area contributed by atoms with Gasteiger partial charge in [-0.1, -0.05) is 6.07 Å². The Morgan fingerprint density at radius 3 is 2.79 bits per heavy atom. The number of nitrogens with one attached hydrogen (secondary N) is 2. The second-order valence-corrected chi connectivity index (χ2v) is 10.3. The molecule has 0 bridgehead atoms. The van der Waals surface area contributed by atoms with Crippen LogP contribution in [0.2, 0.25) is 0 Å². The number of thiazole rings is 1. The number of anilines is 1. The first-order valence-corrected chi connectivity index (χ1v) is 12.2. The van der Waals surface area contributed by atoms with E-state index in [1.165, 1.54) is 24.1 Å². The van der Waals surface area contributed by atoms with Crippen molar-refractivity contribution in [1.82, 2.24) is 19.7 Å². The van der Waals surface area contributed by atoms with Crippen molar-refractivity contribution in [2.45, 2.75) is 17.1 Å². The number of aromatic nitrogens is 4. The van der Waals surface area contributed by atoms with Gasteiger partial charge in [0, 0.05) is 29.2 Å². The highest BCUT2D eigenvalue weighted by molar-refractivity contribution is 7.94. The third kappa shape index (κ3) is 5.02. The molecule has 0 aliphatic rings. The van der Waals surface area contributed by atoms with Gasteiger partial charge >= 0.3 is 6.18 Å². The summed E-state index contributed by atoms with van der Waals surface area (Å²) in [6, 6.07) is 6.17. The lowest BCUT2D eigenvalue weighted by Gasteiger charge is -2.11. The third-order valence-electron chi connectivity index (χ3n) is 4.69. The molecule has 3 aromatic heterocycles. The fourth-order valence-corrected chi connectivity index (χ4v) is 5.32. The van der Waals surface area contributed by atoms with E-state index in [4.69, 9.17) is 9.52 Å². The molecule has 0 saturated heterocycles. The zero-order valence-electron chi connectivity index (χ0n) is 17.5. The quantitative estimate of drug-likeness (QED) is 0.383. The Labute approximate surface area is 195 Å². The number of halogens is 3.